The number of carbonyl (C=O) groups is 3. The number of aromatic nitrogens is 2. The molecule has 0 radical (unpaired) electrons. The van der Waals surface area contributed by atoms with Gasteiger partial charge in [-0.25, -0.2) is 4.98 Å². The summed E-state index contributed by atoms with van der Waals surface area (Å²) in [5.74, 6) is -0.854. The first-order chi connectivity index (χ1) is 15.3. The van der Waals surface area contributed by atoms with Crippen LogP contribution in [0, 0.1) is 13.8 Å². The Balaban J connectivity index is 1.52. The molecule has 1 atom stereocenters. The Hall–Kier alpha value is -3.74. The molecule has 0 spiro atoms. The van der Waals surface area contributed by atoms with E-state index in [0.29, 0.717) is 18.5 Å². The van der Waals surface area contributed by atoms with Crippen molar-refractivity contribution in [2.75, 3.05) is 0 Å². The van der Waals surface area contributed by atoms with E-state index in [-0.39, 0.29) is 18.2 Å². The third-order valence-corrected chi connectivity index (χ3v) is 6.59. The van der Waals surface area contributed by atoms with Crippen molar-refractivity contribution < 1.29 is 14.4 Å². The fraction of sp³-hybridized carbons (Fsp3) is 0.280. The first kappa shape index (κ1) is 20.2. The minimum Gasteiger partial charge on any atom is -0.333 e. The third kappa shape index (κ3) is 3.12. The fourth-order valence-electron chi connectivity index (χ4n) is 4.69. The lowest BCUT2D eigenvalue weighted by Gasteiger charge is -2.29. The zero-order chi connectivity index (χ0) is 22.6. The summed E-state index contributed by atoms with van der Waals surface area (Å²) in [5.41, 5.74) is 7.83. The molecule has 1 N–H and O–H groups in total. The summed E-state index contributed by atoms with van der Waals surface area (Å²) >= 11 is 0. The number of aryl methyl sites for hydroxylation is 2. The van der Waals surface area contributed by atoms with Gasteiger partial charge in [0.05, 0.1) is 17.7 Å². The SMILES string of the molecule is Cc1cccc(-c2c(-c3ccc4c(c3)CN(C3CCC(=O)NC3=O)C4=O)ncn2C)c1C. The molecule has 1 unspecified atom stereocenters. The summed E-state index contributed by atoms with van der Waals surface area (Å²) in [6.07, 6.45) is 2.41. The summed E-state index contributed by atoms with van der Waals surface area (Å²) in [6.45, 7) is 4.56. The first-order valence-electron chi connectivity index (χ1n) is 10.7. The number of hydrogen-bond acceptors (Lipinski definition) is 4. The molecule has 1 aromatic heterocycles. The summed E-state index contributed by atoms with van der Waals surface area (Å²) < 4.78 is 2.02. The Kier molecular flexibility index (Phi) is 4.69. The van der Waals surface area contributed by atoms with Crippen molar-refractivity contribution in [3.8, 4) is 22.5 Å². The van der Waals surface area contributed by atoms with Crippen molar-refractivity contribution in [1.82, 2.24) is 19.8 Å². The highest BCUT2D eigenvalue weighted by atomic mass is 16.2. The number of piperidine rings is 1. The number of benzene rings is 2. The molecule has 1 saturated heterocycles. The maximum Gasteiger partial charge on any atom is 0.255 e. The number of amides is 3. The topological polar surface area (TPSA) is 84.3 Å². The second-order valence-corrected chi connectivity index (χ2v) is 8.57. The highest BCUT2D eigenvalue weighted by molar-refractivity contribution is 6.05. The van der Waals surface area contributed by atoms with Crippen LogP contribution in [0.2, 0.25) is 0 Å². The van der Waals surface area contributed by atoms with Gasteiger partial charge in [-0.1, -0.05) is 24.3 Å². The number of hydrogen-bond donors (Lipinski definition) is 1. The molecule has 7 heteroatoms. The molecule has 7 nitrogen and oxygen atoms in total. The molecule has 5 rings (SSSR count). The average Bonchev–Trinajstić information content (AvgIpc) is 3.30. The zero-order valence-electron chi connectivity index (χ0n) is 18.3. The fourth-order valence-corrected chi connectivity index (χ4v) is 4.69. The molecule has 162 valence electrons. The van der Waals surface area contributed by atoms with Crippen LogP contribution in [0.25, 0.3) is 22.5 Å². The van der Waals surface area contributed by atoms with Gasteiger partial charge in [0, 0.05) is 36.7 Å². The van der Waals surface area contributed by atoms with E-state index < -0.39 is 11.9 Å². The van der Waals surface area contributed by atoms with Crippen molar-refractivity contribution in [1.29, 1.82) is 0 Å². The van der Waals surface area contributed by atoms with Gasteiger partial charge < -0.3 is 9.47 Å². The monoisotopic (exact) mass is 428 g/mol. The van der Waals surface area contributed by atoms with Gasteiger partial charge in [-0.2, -0.15) is 0 Å². The van der Waals surface area contributed by atoms with E-state index in [9.17, 15) is 14.4 Å². The lowest BCUT2D eigenvalue weighted by atomic mass is 9.96. The van der Waals surface area contributed by atoms with E-state index in [2.05, 4.69) is 36.3 Å². The van der Waals surface area contributed by atoms with E-state index in [0.717, 1.165) is 28.1 Å². The van der Waals surface area contributed by atoms with Crippen LogP contribution in [0.15, 0.2) is 42.7 Å². The largest absolute Gasteiger partial charge is 0.333 e. The Morgan fingerprint density at radius 3 is 2.66 bits per heavy atom. The van der Waals surface area contributed by atoms with E-state index >= 15 is 0 Å². The molecule has 0 bridgehead atoms. The molecular weight excluding hydrogens is 404 g/mol. The Labute approximate surface area is 186 Å². The molecule has 0 aliphatic carbocycles. The molecule has 0 saturated carbocycles. The number of nitrogens with one attached hydrogen (secondary N) is 1. The summed E-state index contributed by atoms with van der Waals surface area (Å²) in [4.78, 5) is 43.0. The zero-order valence-corrected chi connectivity index (χ0v) is 18.3. The molecule has 2 aromatic carbocycles. The standard InChI is InChI=1S/C25H24N4O3/c1-14-5-4-6-18(15(14)2)23-22(26-13-28(23)3)16-7-8-19-17(11-16)12-29(25(19)32)20-9-10-21(30)27-24(20)31/h4-8,11,13,20H,9-10,12H2,1-3H3,(H,27,30,31). The van der Waals surface area contributed by atoms with Crippen molar-refractivity contribution in [2.45, 2.75) is 39.3 Å². The van der Waals surface area contributed by atoms with E-state index in [4.69, 9.17) is 0 Å². The highest BCUT2D eigenvalue weighted by Gasteiger charge is 2.39. The van der Waals surface area contributed by atoms with Gasteiger partial charge in [-0.3, -0.25) is 19.7 Å². The van der Waals surface area contributed by atoms with Crippen LogP contribution in [0.4, 0.5) is 0 Å². The van der Waals surface area contributed by atoms with Crippen LogP contribution in [0.3, 0.4) is 0 Å². The molecule has 1 fully saturated rings. The number of fused-ring (bicyclic) bond motifs is 1. The molecule has 2 aliphatic heterocycles. The quantitative estimate of drug-likeness (QED) is 0.650. The van der Waals surface area contributed by atoms with Crippen LogP contribution in [-0.2, 0) is 23.2 Å². The maximum atomic E-state index is 13.0. The smallest absolute Gasteiger partial charge is 0.255 e. The van der Waals surface area contributed by atoms with Crippen LogP contribution in [-0.4, -0.2) is 38.2 Å². The second-order valence-electron chi connectivity index (χ2n) is 8.57. The number of rotatable bonds is 3. The second kappa shape index (κ2) is 7.44. The Morgan fingerprint density at radius 1 is 1.06 bits per heavy atom. The number of nitrogens with zero attached hydrogens (tertiary/aromatic N) is 3. The van der Waals surface area contributed by atoms with Crippen molar-refractivity contribution in [3.05, 3.63) is 65.0 Å². The van der Waals surface area contributed by atoms with Crippen molar-refractivity contribution in [3.63, 3.8) is 0 Å². The lowest BCUT2D eigenvalue weighted by molar-refractivity contribution is -0.136. The van der Waals surface area contributed by atoms with Gasteiger partial charge in [0.2, 0.25) is 11.8 Å². The van der Waals surface area contributed by atoms with Gasteiger partial charge in [0.15, 0.2) is 0 Å². The first-order valence-corrected chi connectivity index (χ1v) is 10.7. The average molecular weight is 428 g/mol. The Bertz CT molecular complexity index is 1290. The number of carbonyl (C=O) groups excluding carboxylic acids is 3. The number of imide groups is 1. The predicted octanol–water partition coefficient (Wildman–Crippen LogP) is 3.13. The predicted molar refractivity (Wildman–Crippen MR) is 120 cm³/mol. The van der Waals surface area contributed by atoms with Crippen LogP contribution >= 0.6 is 0 Å². The van der Waals surface area contributed by atoms with E-state index in [1.165, 1.54) is 11.1 Å². The van der Waals surface area contributed by atoms with Gasteiger partial charge in [-0.15, -0.1) is 0 Å². The molecule has 3 heterocycles. The summed E-state index contributed by atoms with van der Waals surface area (Å²) in [7, 11) is 1.98. The van der Waals surface area contributed by atoms with Gasteiger partial charge in [0.25, 0.3) is 5.91 Å². The van der Waals surface area contributed by atoms with E-state index in [1.807, 2.05) is 35.9 Å². The van der Waals surface area contributed by atoms with Gasteiger partial charge >= 0.3 is 0 Å². The minimum atomic E-state index is -0.614. The molecule has 32 heavy (non-hydrogen) atoms. The van der Waals surface area contributed by atoms with Crippen LogP contribution < -0.4 is 5.32 Å². The maximum absolute atomic E-state index is 13.0. The molecular formula is C25H24N4O3. The minimum absolute atomic E-state index is 0.170. The molecule has 3 aromatic rings. The summed E-state index contributed by atoms with van der Waals surface area (Å²) in [6, 6.07) is 11.4. The molecule has 3 amide bonds. The van der Waals surface area contributed by atoms with Gasteiger partial charge in [-0.05, 0) is 49.1 Å². The van der Waals surface area contributed by atoms with Crippen molar-refractivity contribution >= 4 is 17.7 Å². The summed E-state index contributed by atoms with van der Waals surface area (Å²) in [5, 5.41) is 2.34. The molecule has 2 aliphatic rings. The highest BCUT2D eigenvalue weighted by Crippen LogP contribution is 2.36. The number of imidazole rings is 1. The van der Waals surface area contributed by atoms with Gasteiger partial charge in [0.1, 0.15) is 6.04 Å². The Morgan fingerprint density at radius 2 is 1.88 bits per heavy atom. The third-order valence-electron chi connectivity index (χ3n) is 6.59. The van der Waals surface area contributed by atoms with Crippen molar-refractivity contribution in [2.24, 2.45) is 7.05 Å². The van der Waals surface area contributed by atoms with Crippen LogP contribution in [0.1, 0.15) is 39.9 Å². The lowest BCUT2D eigenvalue weighted by Crippen LogP contribution is -2.52. The van der Waals surface area contributed by atoms with Crippen LogP contribution in [0.5, 0.6) is 0 Å². The normalized spacial score (nSPS) is 18.2. The van der Waals surface area contributed by atoms with E-state index in [1.54, 1.807) is 11.2 Å².